The van der Waals surface area contributed by atoms with Gasteiger partial charge in [0.25, 0.3) is 6.26 Å². The smallest absolute Gasteiger partial charge is 0.327 e. The Balaban J connectivity index is 3.66. The molecule has 0 atom stereocenters. The minimum Gasteiger partial charge on any atom is -0.484 e. The molecule has 0 rings (SSSR count). The van der Waals surface area contributed by atoms with Gasteiger partial charge in [-0.15, -0.1) is 0 Å². The van der Waals surface area contributed by atoms with Gasteiger partial charge in [0.1, 0.15) is 0 Å². The molecule has 3 nitrogen and oxygen atoms in total. The Morgan fingerprint density at radius 2 is 1.55 bits per heavy atom. The maximum atomic E-state index is 5.04. The fourth-order valence-corrected chi connectivity index (χ4v) is 0.494. The van der Waals surface area contributed by atoms with Gasteiger partial charge in [-0.2, -0.15) is 0 Å². The Labute approximate surface area is 67.9 Å². The van der Waals surface area contributed by atoms with Gasteiger partial charge in [-0.05, 0) is 20.8 Å². The molecule has 1 radical (unpaired) electrons. The van der Waals surface area contributed by atoms with E-state index in [-0.39, 0.29) is 0 Å². The molecule has 0 aromatic heterocycles. The lowest BCUT2D eigenvalue weighted by atomic mass is 10.8. The minimum absolute atomic E-state index is 0.330. The second-order valence-corrected chi connectivity index (χ2v) is 1.69. The highest BCUT2D eigenvalue weighted by Gasteiger charge is 1.96. The van der Waals surface area contributed by atoms with E-state index in [1.165, 1.54) is 0 Å². The van der Waals surface area contributed by atoms with E-state index in [2.05, 4.69) is 6.26 Å². The van der Waals surface area contributed by atoms with Crippen molar-refractivity contribution in [3.05, 3.63) is 12.2 Å². The topological polar surface area (TPSA) is 27.7 Å². The molecule has 0 aliphatic heterocycles. The SMILES string of the molecule is CCO[C]=C(OCC)OCC. The molecule has 0 aromatic carbocycles. The summed E-state index contributed by atoms with van der Waals surface area (Å²) in [5, 5.41) is 0. The van der Waals surface area contributed by atoms with Crippen molar-refractivity contribution in [2.45, 2.75) is 20.8 Å². The molecule has 0 bridgehead atoms. The van der Waals surface area contributed by atoms with E-state index in [1.807, 2.05) is 20.8 Å². The van der Waals surface area contributed by atoms with Crippen molar-refractivity contribution in [1.82, 2.24) is 0 Å². The first kappa shape index (κ1) is 10.1. The van der Waals surface area contributed by atoms with Crippen molar-refractivity contribution in [2.24, 2.45) is 0 Å². The largest absolute Gasteiger partial charge is 0.484 e. The number of ether oxygens (including phenoxy) is 3. The molecule has 0 saturated carbocycles. The summed E-state index contributed by atoms with van der Waals surface area (Å²) in [4.78, 5) is 0. The van der Waals surface area contributed by atoms with Crippen LogP contribution in [0.3, 0.4) is 0 Å². The van der Waals surface area contributed by atoms with E-state index in [0.717, 1.165) is 0 Å². The van der Waals surface area contributed by atoms with Crippen LogP contribution in [-0.2, 0) is 14.2 Å². The van der Waals surface area contributed by atoms with Crippen LogP contribution in [0.2, 0.25) is 0 Å². The summed E-state index contributed by atoms with van der Waals surface area (Å²) in [7, 11) is 0. The van der Waals surface area contributed by atoms with Gasteiger partial charge < -0.3 is 14.2 Å². The average molecular weight is 159 g/mol. The van der Waals surface area contributed by atoms with Gasteiger partial charge in [0.15, 0.2) is 0 Å². The molecule has 0 amide bonds. The molecule has 0 saturated heterocycles. The fraction of sp³-hybridized carbons (Fsp3) is 0.750. The van der Waals surface area contributed by atoms with Crippen molar-refractivity contribution in [1.29, 1.82) is 0 Å². The molecule has 11 heavy (non-hydrogen) atoms. The standard InChI is InChI=1S/C8H15O3/c1-4-9-7-8(10-5-2)11-6-3/h4-6H2,1-3H3. The zero-order valence-corrected chi connectivity index (χ0v) is 7.35. The quantitative estimate of drug-likeness (QED) is 0.552. The first-order chi connectivity index (χ1) is 5.35. The summed E-state index contributed by atoms with van der Waals surface area (Å²) in [6.45, 7) is 7.34. The molecule has 0 N–H and O–H groups in total. The van der Waals surface area contributed by atoms with Crippen LogP contribution in [0.15, 0.2) is 5.95 Å². The van der Waals surface area contributed by atoms with Crippen molar-refractivity contribution >= 4 is 0 Å². The third-order valence-electron chi connectivity index (χ3n) is 0.851. The Morgan fingerprint density at radius 3 is 1.91 bits per heavy atom. The maximum Gasteiger partial charge on any atom is 0.327 e. The lowest BCUT2D eigenvalue weighted by Crippen LogP contribution is -1.99. The third kappa shape index (κ3) is 5.58. The summed E-state index contributed by atoms with van der Waals surface area (Å²) < 4.78 is 14.9. The first-order valence-corrected chi connectivity index (χ1v) is 3.85. The maximum absolute atomic E-state index is 5.04. The highest BCUT2D eigenvalue weighted by atomic mass is 16.7. The number of rotatable bonds is 6. The van der Waals surface area contributed by atoms with Gasteiger partial charge in [-0.25, -0.2) is 0 Å². The zero-order valence-electron chi connectivity index (χ0n) is 7.35. The summed E-state index contributed by atoms with van der Waals surface area (Å²) >= 11 is 0. The van der Waals surface area contributed by atoms with Crippen molar-refractivity contribution in [3.8, 4) is 0 Å². The van der Waals surface area contributed by atoms with E-state index in [4.69, 9.17) is 14.2 Å². The average Bonchev–Trinajstić information content (AvgIpc) is 2.01. The van der Waals surface area contributed by atoms with Gasteiger partial charge in [-0.1, -0.05) is 0 Å². The van der Waals surface area contributed by atoms with Gasteiger partial charge in [0, 0.05) is 0 Å². The normalized spacial score (nSPS) is 8.64. The molecule has 0 aliphatic rings. The van der Waals surface area contributed by atoms with E-state index in [0.29, 0.717) is 25.8 Å². The monoisotopic (exact) mass is 159 g/mol. The third-order valence-corrected chi connectivity index (χ3v) is 0.851. The minimum atomic E-state index is 0.330. The molecule has 0 unspecified atom stereocenters. The van der Waals surface area contributed by atoms with Crippen LogP contribution >= 0.6 is 0 Å². The van der Waals surface area contributed by atoms with Crippen LogP contribution in [0.5, 0.6) is 0 Å². The first-order valence-electron chi connectivity index (χ1n) is 3.85. The molecular weight excluding hydrogens is 144 g/mol. The van der Waals surface area contributed by atoms with Crippen molar-refractivity contribution in [3.63, 3.8) is 0 Å². The number of hydrogen-bond acceptors (Lipinski definition) is 3. The molecule has 0 aliphatic carbocycles. The van der Waals surface area contributed by atoms with Gasteiger partial charge in [0.05, 0.1) is 19.8 Å². The molecule has 0 heterocycles. The molecule has 0 fully saturated rings. The molecule has 0 aromatic rings. The summed E-state index contributed by atoms with van der Waals surface area (Å²) in [6.07, 6.45) is 2.54. The lowest BCUT2D eigenvalue weighted by molar-refractivity contribution is 0.0266. The van der Waals surface area contributed by atoms with E-state index in [1.54, 1.807) is 0 Å². The molecular formula is C8H15O3. The summed E-state index contributed by atoms with van der Waals surface area (Å²) in [6, 6.07) is 0. The fourth-order valence-electron chi connectivity index (χ4n) is 0.494. The van der Waals surface area contributed by atoms with Crippen molar-refractivity contribution in [2.75, 3.05) is 19.8 Å². The van der Waals surface area contributed by atoms with E-state index >= 15 is 0 Å². The second kappa shape index (κ2) is 7.25. The van der Waals surface area contributed by atoms with Gasteiger partial charge >= 0.3 is 5.95 Å². The lowest BCUT2D eigenvalue weighted by Gasteiger charge is -2.06. The van der Waals surface area contributed by atoms with Crippen molar-refractivity contribution < 1.29 is 14.2 Å². The highest BCUT2D eigenvalue weighted by Crippen LogP contribution is 1.98. The Hall–Kier alpha value is -0.860. The van der Waals surface area contributed by atoms with Crippen LogP contribution in [0, 0.1) is 6.26 Å². The molecule has 65 valence electrons. The summed E-state index contributed by atoms with van der Waals surface area (Å²) in [5.41, 5.74) is 0. The van der Waals surface area contributed by atoms with Crippen LogP contribution in [0.1, 0.15) is 20.8 Å². The van der Waals surface area contributed by atoms with E-state index in [9.17, 15) is 0 Å². The van der Waals surface area contributed by atoms with Gasteiger partial charge in [-0.3, -0.25) is 0 Å². The van der Waals surface area contributed by atoms with Crippen LogP contribution < -0.4 is 0 Å². The molecule has 3 heteroatoms. The van der Waals surface area contributed by atoms with Crippen LogP contribution in [0.4, 0.5) is 0 Å². The summed E-state index contributed by atoms with van der Waals surface area (Å²) in [5.74, 6) is 0.330. The second-order valence-electron chi connectivity index (χ2n) is 1.69. The predicted octanol–water partition coefficient (Wildman–Crippen LogP) is 1.70. The van der Waals surface area contributed by atoms with Crippen LogP contribution in [-0.4, -0.2) is 19.8 Å². The predicted molar refractivity (Wildman–Crippen MR) is 41.6 cm³/mol. The molecule has 0 spiro atoms. The van der Waals surface area contributed by atoms with E-state index < -0.39 is 0 Å². The number of hydrogen-bond donors (Lipinski definition) is 0. The zero-order chi connectivity index (χ0) is 8.53. The Kier molecular flexibility index (Phi) is 6.68. The van der Waals surface area contributed by atoms with Crippen LogP contribution in [0.25, 0.3) is 0 Å². The van der Waals surface area contributed by atoms with Gasteiger partial charge in [0.2, 0.25) is 0 Å². The Bertz CT molecular complexity index is 102. The Morgan fingerprint density at radius 1 is 1.00 bits per heavy atom. The highest BCUT2D eigenvalue weighted by molar-refractivity contribution is 4.67.